The van der Waals surface area contributed by atoms with Gasteiger partial charge in [-0.1, -0.05) is 27.7 Å². The number of aromatic amines is 1. The Kier molecular flexibility index (Phi) is 5.37. The van der Waals surface area contributed by atoms with Crippen LogP contribution in [0.4, 0.5) is 0 Å². The Labute approximate surface area is 188 Å². The molecule has 4 aromatic rings. The first-order chi connectivity index (χ1) is 15.4. The van der Waals surface area contributed by atoms with Gasteiger partial charge in [0.15, 0.2) is 11.4 Å². The molecule has 0 radical (unpaired) electrons. The number of fused-ring (bicyclic) bond motifs is 2. The van der Waals surface area contributed by atoms with Crippen LogP contribution < -0.4 is 10.1 Å². The van der Waals surface area contributed by atoms with E-state index in [2.05, 4.69) is 60.2 Å². The maximum Gasteiger partial charge on any atom is 0.197 e. The Morgan fingerprint density at radius 3 is 2.78 bits per heavy atom. The summed E-state index contributed by atoms with van der Waals surface area (Å²) in [6, 6.07) is 7.54. The average molecular weight is 433 g/mol. The summed E-state index contributed by atoms with van der Waals surface area (Å²) in [6.45, 7) is 8.90. The molecule has 0 bridgehead atoms. The number of H-pyrrole nitrogens is 1. The standard InChI is InChI=1S/C25H32N6O/c1-14(2)22-23(17-11-21(32-5)25-26-13-27-31(25)12-17)30-20-9-8-19(29-24(20)22)16-6-7-18(10-16)28-15(3)4/h8-9,11-16,18,28,30H,6-7,10H2,1-5H3. The number of methoxy groups -OCH3 is 1. The predicted octanol–water partition coefficient (Wildman–Crippen LogP) is 5.04. The minimum absolute atomic E-state index is 0.317. The van der Waals surface area contributed by atoms with Gasteiger partial charge in [-0.05, 0) is 43.4 Å². The van der Waals surface area contributed by atoms with Gasteiger partial charge in [0.1, 0.15) is 6.33 Å². The number of nitrogens with one attached hydrogen (secondary N) is 2. The monoisotopic (exact) mass is 432 g/mol. The van der Waals surface area contributed by atoms with E-state index < -0.39 is 0 Å². The van der Waals surface area contributed by atoms with Crippen LogP contribution in [0.25, 0.3) is 27.9 Å². The van der Waals surface area contributed by atoms with Crippen LogP contribution in [-0.4, -0.2) is 43.8 Å². The van der Waals surface area contributed by atoms with Gasteiger partial charge in [0.25, 0.3) is 0 Å². The van der Waals surface area contributed by atoms with E-state index in [1.54, 1.807) is 18.0 Å². The minimum atomic E-state index is 0.317. The van der Waals surface area contributed by atoms with Gasteiger partial charge in [-0.3, -0.25) is 4.98 Å². The second kappa shape index (κ2) is 8.20. The third kappa shape index (κ3) is 3.64. The van der Waals surface area contributed by atoms with Crippen molar-refractivity contribution in [1.29, 1.82) is 0 Å². The fourth-order valence-electron chi connectivity index (χ4n) is 5.17. The van der Waals surface area contributed by atoms with Gasteiger partial charge in [0, 0.05) is 41.0 Å². The van der Waals surface area contributed by atoms with E-state index in [1.165, 1.54) is 24.1 Å². The molecule has 2 N–H and O–H groups in total. The fourth-order valence-corrected chi connectivity index (χ4v) is 5.17. The molecule has 5 rings (SSSR count). The highest BCUT2D eigenvalue weighted by Crippen LogP contribution is 2.39. The van der Waals surface area contributed by atoms with Crippen molar-refractivity contribution in [3.05, 3.63) is 42.0 Å². The zero-order valence-electron chi connectivity index (χ0n) is 19.5. The number of pyridine rings is 2. The number of rotatable bonds is 6. The lowest BCUT2D eigenvalue weighted by atomic mass is 9.97. The summed E-state index contributed by atoms with van der Waals surface area (Å²) in [5, 5.41) is 8.02. The topological polar surface area (TPSA) is 80.1 Å². The molecule has 0 saturated heterocycles. The van der Waals surface area contributed by atoms with Crippen molar-refractivity contribution in [3.63, 3.8) is 0 Å². The minimum Gasteiger partial charge on any atom is -0.493 e. The molecule has 1 aliphatic rings. The molecule has 2 atom stereocenters. The van der Waals surface area contributed by atoms with Crippen molar-refractivity contribution in [2.75, 3.05) is 7.11 Å². The molecule has 32 heavy (non-hydrogen) atoms. The van der Waals surface area contributed by atoms with E-state index in [1.807, 2.05) is 12.3 Å². The van der Waals surface area contributed by atoms with E-state index in [9.17, 15) is 0 Å². The van der Waals surface area contributed by atoms with Crippen LogP contribution >= 0.6 is 0 Å². The molecule has 168 valence electrons. The summed E-state index contributed by atoms with van der Waals surface area (Å²) in [6.07, 6.45) is 7.12. The second-order valence-corrected chi connectivity index (χ2v) is 9.55. The highest BCUT2D eigenvalue weighted by Gasteiger charge is 2.28. The Hall–Kier alpha value is -2.93. The summed E-state index contributed by atoms with van der Waals surface area (Å²) >= 11 is 0. The molecule has 4 heterocycles. The summed E-state index contributed by atoms with van der Waals surface area (Å²) < 4.78 is 7.35. The molecule has 1 fully saturated rings. The van der Waals surface area contributed by atoms with Crippen LogP contribution in [0.2, 0.25) is 0 Å². The van der Waals surface area contributed by atoms with Gasteiger partial charge in [0.05, 0.1) is 23.8 Å². The Bertz CT molecular complexity index is 1250. The first-order valence-corrected chi connectivity index (χ1v) is 11.6. The zero-order valence-corrected chi connectivity index (χ0v) is 19.5. The van der Waals surface area contributed by atoms with Gasteiger partial charge in [-0.15, -0.1) is 0 Å². The van der Waals surface area contributed by atoms with Crippen LogP contribution in [0.3, 0.4) is 0 Å². The number of nitrogens with zero attached hydrogens (tertiary/aromatic N) is 4. The Morgan fingerprint density at radius 1 is 1.19 bits per heavy atom. The smallest absolute Gasteiger partial charge is 0.197 e. The fraction of sp³-hybridized carbons (Fsp3) is 0.480. The van der Waals surface area contributed by atoms with Crippen molar-refractivity contribution in [2.45, 2.75) is 70.9 Å². The van der Waals surface area contributed by atoms with E-state index in [0.717, 1.165) is 28.7 Å². The first-order valence-electron chi connectivity index (χ1n) is 11.6. The zero-order chi connectivity index (χ0) is 22.4. The number of hydrogen-bond acceptors (Lipinski definition) is 5. The third-order valence-corrected chi connectivity index (χ3v) is 6.55. The van der Waals surface area contributed by atoms with Crippen molar-refractivity contribution in [3.8, 4) is 17.0 Å². The molecular weight excluding hydrogens is 400 g/mol. The highest BCUT2D eigenvalue weighted by atomic mass is 16.5. The van der Waals surface area contributed by atoms with Crippen LogP contribution in [0.1, 0.15) is 70.1 Å². The van der Waals surface area contributed by atoms with Crippen molar-refractivity contribution in [2.24, 2.45) is 0 Å². The quantitative estimate of drug-likeness (QED) is 0.446. The lowest BCUT2D eigenvalue weighted by Crippen LogP contribution is -2.32. The molecule has 4 aromatic heterocycles. The lowest BCUT2D eigenvalue weighted by molar-refractivity contribution is 0.416. The molecular formula is C25H32N6O. The highest BCUT2D eigenvalue weighted by molar-refractivity contribution is 5.89. The molecule has 7 nitrogen and oxygen atoms in total. The largest absolute Gasteiger partial charge is 0.493 e. The lowest BCUT2D eigenvalue weighted by Gasteiger charge is -2.16. The third-order valence-electron chi connectivity index (χ3n) is 6.55. The molecule has 1 aliphatic carbocycles. The van der Waals surface area contributed by atoms with E-state index in [0.29, 0.717) is 35.3 Å². The normalized spacial score (nSPS) is 19.1. The summed E-state index contributed by atoms with van der Waals surface area (Å²) in [5.74, 6) is 1.54. The van der Waals surface area contributed by atoms with Crippen molar-refractivity contribution < 1.29 is 4.74 Å². The van der Waals surface area contributed by atoms with Crippen LogP contribution in [-0.2, 0) is 0 Å². The van der Waals surface area contributed by atoms with Gasteiger partial charge >= 0.3 is 0 Å². The average Bonchev–Trinajstić information content (AvgIpc) is 3.49. The summed E-state index contributed by atoms with van der Waals surface area (Å²) in [7, 11) is 1.67. The molecule has 2 unspecified atom stereocenters. The maximum absolute atomic E-state index is 5.59. The molecule has 0 aromatic carbocycles. The van der Waals surface area contributed by atoms with Crippen LogP contribution in [0, 0.1) is 0 Å². The van der Waals surface area contributed by atoms with E-state index in [-0.39, 0.29) is 0 Å². The number of ether oxygens (including phenoxy) is 1. The first kappa shape index (κ1) is 20.9. The molecule has 7 heteroatoms. The maximum atomic E-state index is 5.59. The van der Waals surface area contributed by atoms with Crippen molar-refractivity contribution >= 4 is 16.7 Å². The van der Waals surface area contributed by atoms with Gasteiger partial charge in [-0.25, -0.2) is 9.50 Å². The Morgan fingerprint density at radius 2 is 2.03 bits per heavy atom. The van der Waals surface area contributed by atoms with Crippen LogP contribution in [0.5, 0.6) is 5.75 Å². The summed E-state index contributed by atoms with van der Waals surface area (Å²) in [4.78, 5) is 13.1. The van der Waals surface area contributed by atoms with E-state index in [4.69, 9.17) is 9.72 Å². The molecule has 0 amide bonds. The Balaban J connectivity index is 1.57. The summed E-state index contributed by atoms with van der Waals surface area (Å²) in [5.41, 5.74) is 7.39. The molecule has 1 saturated carbocycles. The van der Waals surface area contributed by atoms with Gasteiger partial charge < -0.3 is 15.0 Å². The van der Waals surface area contributed by atoms with E-state index >= 15 is 0 Å². The predicted molar refractivity (Wildman–Crippen MR) is 127 cm³/mol. The molecule has 0 aliphatic heterocycles. The van der Waals surface area contributed by atoms with Crippen molar-refractivity contribution in [1.82, 2.24) is 29.9 Å². The SMILES string of the molecule is COc1cc(-c2[nH]c3ccc(C4CCC(NC(C)C)C4)nc3c2C(C)C)cn2ncnc12. The number of hydrogen-bond donors (Lipinski definition) is 2. The van der Waals surface area contributed by atoms with Crippen LogP contribution in [0.15, 0.2) is 30.7 Å². The van der Waals surface area contributed by atoms with Gasteiger partial charge in [0.2, 0.25) is 0 Å². The second-order valence-electron chi connectivity index (χ2n) is 9.55. The van der Waals surface area contributed by atoms with Gasteiger partial charge in [-0.2, -0.15) is 5.10 Å². The molecule has 0 spiro atoms. The number of aromatic nitrogens is 5.